The Kier molecular flexibility index (Phi) is 3.53. The number of benzene rings is 1. The summed E-state index contributed by atoms with van der Waals surface area (Å²) in [5.74, 6) is 0.495. The minimum atomic E-state index is -0.920. The van der Waals surface area contributed by atoms with Crippen molar-refractivity contribution in [2.24, 2.45) is 0 Å². The third-order valence-electron chi connectivity index (χ3n) is 4.51. The summed E-state index contributed by atoms with van der Waals surface area (Å²) in [7, 11) is 0. The molecular weight excluding hydrogens is 374 g/mol. The van der Waals surface area contributed by atoms with Crippen LogP contribution in [0.5, 0.6) is 5.75 Å². The summed E-state index contributed by atoms with van der Waals surface area (Å²) in [5, 5.41) is 29.6. The van der Waals surface area contributed by atoms with Crippen molar-refractivity contribution in [3.63, 3.8) is 0 Å². The number of thiazole rings is 1. The Bertz CT molecular complexity index is 1110. The molecule has 1 fully saturated rings. The number of hydrogen-bond acceptors (Lipinski definition) is 6. The number of imidazole rings is 1. The molecular formula is C17H14ClN5O2S. The van der Waals surface area contributed by atoms with Gasteiger partial charge >= 0.3 is 0 Å². The maximum Gasteiger partial charge on any atom is 0.142 e. The van der Waals surface area contributed by atoms with Crippen LogP contribution in [0.25, 0.3) is 10.5 Å². The van der Waals surface area contributed by atoms with Gasteiger partial charge in [-0.05, 0) is 30.9 Å². The Labute approximate surface area is 157 Å². The molecule has 1 atom stereocenters. The smallest absolute Gasteiger partial charge is 0.142 e. The second-order valence-electron chi connectivity index (χ2n) is 6.35. The Hall–Kier alpha value is -2.42. The van der Waals surface area contributed by atoms with E-state index in [1.54, 1.807) is 42.2 Å². The van der Waals surface area contributed by atoms with Gasteiger partial charge in [-0.15, -0.1) is 16.4 Å². The number of halogens is 1. The number of aliphatic hydroxyl groups is 1. The Morgan fingerprint density at radius 3 is 2.92 bits per heavy atom. The Morgan fingerprint density at radius 2 is 2.15 bits per heavy atom. The third kappa shape index (κ3) is 2.49. The lowest BCUT2D eigenvalue weighted by atomic mass is 10.1. The van der Waals surface area contributed by atoms with Gasteiger partial charge in [0.25, 0.3) is 0 Å². The van der Waals surface area contributed by atoms with E-state index in [1.807, 2.05) is 4.40 Å². The largest absolute Gasteiger partial charge is 0.506 e. The van der Waals surface area contributed by atoms with Gasteiger partial charge in [-0.25, -0.2) is 9.67 Å². The second kappa shape index (κ2) is 5.80. The molecule has 9 heteroatoms. The molecule has 1 aromatic carbocycles. The molecule has 0 bridgehead atoms. The number of phenols is 1. The number of aromatic hydroxyl groups is 1. The summed E-state index contributed by atoms with van der Waals surface area (Å²) in [6, 6.07) is 4.75. The Balaban J connectivity index is 1.56. The van der Waals surface area contributed by atoms with Crippen molar-refractivity contribution in [2.75, 3.05) is 0 Å². The highest BCUT2D eigenvalue weighted by Crippen LogP contribution is 2.47. The first-order chi connectivity index (χ1) is 12.6. The molecule has 1 aliphatic rings. The van der Waals surface area contributed by atoms with Gasteiger partial charge in [0.2, 0.25) is 0 Å². The predicted octanol–water partition coefficient (Wildman–Crippen LogP) is 3.29. The summed E-state index contributed by atoms with van der Waals surface area (Å²) in [6.07, 6.45) is 6.49. The van der Waals surface area contributed by atoms with E-state index in [-0.39, 0.29) is 5.75 Å². The monoisotopic (exact) mass is 387 g/mol. The fraction of sp³-hybridized carbons (Fsp3) is 0.235. The van der Waals surface area contributed by atoms with Crippen LogP contribution in [0.1, 0.15) is 41.1 Å². The molecule has 0 spiro atoms. The molecule has 5 rings (SSSR count). The van der Waals surface area contributed by atoms with Gasteiger partial charge in [0.1, 0.15) is 34.4 Å². The van der Waals surface area contributed by atoms with E-state index in [2.05, 4.69) is 15.3 Å². The van der Waals surface area contributed by atoms with Crippen LogP contribution in [0.15, 0.2) is 36.9 Å². The number of nitrogens with zero attached hydrogens (tertiary/aromatic N) is 5. The number of rotatable bonds is 4. The molecule has 2 N–H and O–H groups in total. The van der Waals surface area contributed by atoms with Crippen molar-refractivity contribution in [1.29, 1.82) is 0 Å². The van der Waals surface area contributed by atoms with Crippen LogP contribution >= 0.6 is 22.9 Å². The van der Waals surface area contributed by atoms with Crippen LogP contribution < -0.4 is 0 Å². The first-order valence-electron chi connectivity index (χ1n) is 8.15. The number of aromatic nitrogens is 5. The SMILES string of the molecule is Oc1cc(Cl)ccc1-n1cc(C(O)c2c(C3CC3)sc3cncn23)nn1. The maximum atomic E-state index is 11.0. The molecule has 0 radical (unpaired) electrons. The van der Waals surface area contributed by atoms with Gasteiger partial charge in [-0.2, -0.15) is 0 Å². The lowest BCUT2D eigenvalue weighted by Gasteiger charge is -2.09. The highest BCUT2D eigenvalue weighted by molar-refractivity contribution is 7.17. The minimum absolute atomic E-state index is 0.00496. The third-order valence-corrected chi connectivity index (χ3v) is 6.02. The molecule has 3 aromatic heterocycles. The van der Waals surface area contributed by atoms with E-state index < -0.39 is 6.10 Å². The number of hydrogen-bond donors (Lipinski definition) is 2. The van der Waals surface area contributed by atoms with Crippen molar-refractivity contribution in [2.45, 2.75) is 24.9 Å². The molecule has 26 heavy (non-hydrogen) atoms. The molecule has 0 saturated heterocycles. The highest BCUT2D eigenvalue weighted by Gasteiger charge is 2.33. The zero-order valence-corrected chi connectivity index (χ0v) is 15.0. The number of aliphatic hydroxyl groups excluding tert-OH is 1. The van der Waals surface area contributed by atoms with Crippen molar-refractivity contribution in [3.8, 4) is 11.4 Å². The lowest BCUT2D eigenvalue weighted by Crippen LogP contribution is -2.06. The molecule has 1 unspecified atom stereocenters. The minimum Gasteiger partial charge on any atom is -0.506 e. The fourth-order valence-corrected chi connectivity index (χ4v) is 4.54. The number of phenolic OH excluding ortho intramolecular Hbond substituents is 1. The van der Waals surface area contributed by atoms with E-state index in [9.17, 15) is 10.2 Å². The lowest BCUT2D eigenvalue weighted by molar-refractivity contribution is 0.208. The second-order valence-corrected chi connectivity index (χ2v) is 7.85. The molecule has 7 nitrogen and oxygen atoms in total. The van der Waals surface area contributed by atoms with Gasteiger partial charge in [0, 0.05) is 16.0 Å². The van der Waals surface area contributed by atoms with Crippen LogP contribution in [0, 0.1) is 0 Å². The molecule has 0 aliphatic heterocycles. The van der Waals surface area contributed by atoms with E-state index in [4.69, 9.17) is 11.6 Å². The average molecular weight is 388 g/mol. The van der Waals surface area contributed by atoms with Crippen LogP contribution in [-0.4, -0.2) is 34.6 Å². The summed E-state index contributed by atoms with van der Waals surface area (Å²) in [5.41, 5.74) is 1.66. The topological polar surface area (TPSA) is 88.5 Å². The van der Waals surface area contributed by atoms with Gasteiger partial charge in [-0.3, -0.25) is 4.40 Å². The van der Waals surface area contributed by atoms with E-state index in [0.717, 1.165) is 23.4 Å². The van der Waals surface area contributed by atoms with E-state index in [1.165, 1.54) is 15.6 Å². The predicted molar refractivity (Wildman–Crippen MR) is 97.1 cm³/mol. The van der Waals surface area contributed by atoms with Crippen LogP contribution in [-0.2, 0) is 0 Å². The van der Waals surface area contributed by atoms with Crippen molar-refractivity contribution >= 4 is 27.8 Å². The van der Waals surface area contributed by atoms with Crippen molar-refractivity contribution < 1.29 is 10.2 Å². The fourth-order valence-electron chi connectivity index (χ4n) is 3.08. The van der Waals surface area contributed by atoms with Crippen LogP contribution in [0.4, 0.5) is 0 Å². The highest BCUT2D eigenvalue weighted by atomic mass is 35.5. The van der Waals surface area contributed by atoms with Gasteiger partial charge in [-0.1, -0.05) is 16.8 Å². The summed E-state index contributed by atoms with van der Waals surface area (Å²) >= 11 is 7.53. The summed E-state index contributed by atoms with van der Waals surface area (Å²) in [4.78, 5) is 6.35. The van der Waals surface area contributed by atoms with Gasteiger partial charge in [0.15, 0.2) is 0 Å². The van der Waals surface area contributed by atoms with E-state index >= 15 is 0 Å². The Morgan fingerprint density at radius 1 is 1.31 bits per heavy atom. The standard InChI is InChI=1S/C17H14ClN5O2S/c18-10-3-4-12(13(24)5-10)23-7-11(20-21-23)16(25)15-17(9-1-2-9)26-14-6-19-8-22(14)15/h3-9,16,24-25H,1-2H2. The molecule has 3 heterocycles. The average Bonchev–Trinajstić information content (AvgIpc) is 3.04. The van der Waals surface area contributed by atoms with Crippen molar-refractivity contribution in [1.82, 2.24) is 24.4 Å². The molecule has 132 valence electrons. The molecule has 1 saturated carbocycles. The zero-order valence-electron chi connectivity index (χ0n) is 13.4. The first-order valence-corrected chi connectivity index (χ1v) is 9.35. The van der Waals surface area contributed by atoms with Crippen molar-refractivity contribution in [3.05, 3.63) is 58.2 Å². The normalized spacial score (nSPS) is 15.6. The van der Waals surface area contributed by atoms with E-state index in [0.29, 0.717) is 22.3 Å². The van der Waals surface area contributed by atoms with Gasteiger partial charge in [0.05, 0.1) is 18.1 Å². The molecule has 0 amide bonds. The van der Waals surface area contributed by atoms with Crippen LogP contribution in [0.3, 0.4) is 0 Å². The maximum absolute atomic E-state index is 11.0. The zero-order chi connectivity index (χ0) is 17.8. The quantitative estimate of drug-likeness (QED) is 0.561. The summed E-state index contributed by atoms with van der Waals surface area (Å²) in [6.45, 7) is 0. The molecule has 4 aromatic rings. The first kappa shape index (κ1) is 15.8. The van der Waals surface area contributed by atoms with Gasteiger partial charge < -0.3 is 10.2 Å². The number of fused-ring (bicyclic) bond motifs is 1. The molecule has 1 aliphatic carbocycles. The van der Waals surface area contributed by atoms with Crippen LogP contribution in [0.2, 0.25) is 5.02 Å². The summed E-state index contributed by atoms with van der Waals surface area (Å²) < 4.78 is 3.35.